The summed E-state index contributed by atoms with van der Waals surface area (Å²) in [6.45, 7) is 2.44. The van der Waals surface area contributed by atoms with Crippen molar-refractivity contribution < 1.29 is 14.3 Å². The summed E-state index contributed by atoms with van der Waals surface area (Å²) in [6, 6.07) is 9.58. The van der Waals surface area contributed by atoms with E-state index in [4.69, 9.17) is 9.47 Å². The van der Waals surface area contributed by atoms with Crippen molar-refractivity contribution in [1.82, 2.24) is 9.88 Å². The van der Waals surface area contributed by atoms with Gasteiger partial charge in [0.05, 0.1) is 14.2 Å². The Bertz CT molecular complexity index is 742. The Kier molecular flexibility index (Phi) is 6.57. The van der Waals surface area contributed by atoms with Crippen LogP contribution in [0, 0.1) is 0 Å². The lowest BCUT2D eigenvalue weighted by Crippen LogP contribution is -2.29. The molecule has 1 aromatic carbocycles. The predicted molar refractivity (Wildman–Crippen MR) is 98.8 cm³/mol. The molecule has 0 spiro atoms. The van der Waals surface area contributed by atoms with Crippen LogP contribution in [0.3, 0.4) is 0 Å². The molecule has 5 heteroatoms. The highest BCUT2D eigenvalue weighted by Crippen LogP contribution is 2.27. The average Bonchev–Trinajstić information content (AvgIpc) is 2.65. The second-order valence-electron chi connectivity index (χ2n) is 5.78. The van der Waals surface area contributed by atoms with Gasteiger partial charge in [0.25, 0.3) is 0 Å². The molecule has 0 aliphatic carbocycles. The first-order chi connectivity index (χ1) is 12.0. The van der Waals surface area contributed by atoms with Gasteiger partial charge in [0.15, 0.2) is 11.5 Å². The lowest BCUT2D eigenvalue weighted by atomic mass is 10.1. The number of hydrogen-bond acceptors (Lipinski definition) is 4. The highest BCUT2D eigenvalue weighted by atomic mass is 16.5. The third-order valence-electron chi connectivity index (χ3n) is 3.94. The van der Waals surface area contributed by atoms with Crippen LogP contribution < -0.4 is 9.47 Å². The molecule has 0 aliphatic rings. The summed E-state index contributed by atoms with van der Waals surface area (Å²) in [7, 11) is 5.04. The monoisotopic (exact) mass is 340 g/mol. The van der Waals surface area contributed by atoms with Gasteiger partial charge >= 0.3 is 0 Å². The van der Waals surface area contributed by atoms with Crippen LogP contribution in [-0.2, 0) is 11.2 Å². The van der Waals surface area contributed by atoms with E-state index >= 15 is 0 Å². The van der Waals surface area contributed by atoms with Crippen molar-refractivity contribution in [2.24, 2.45) is 0 Å². The Morgan fingerprint density at radius 3 is 2.60 bits per heavy atom. The molecule has 2 rings (SSSR count). The number of carbonyl (C=O) groups is 1. The molecule has 5 nitrogen and oxygen atoms in total. The average molecular weight is 340 g/mol. The topological polar surface area (TPSA) is 51.7 Å². The summed E-state index contributed by atoms with van der Waals surface area (Å²) >= 11 is 0. The molecule has 1 aromatic heterocycles. The molecule has 2 aromatic rings. The summed E-state index contributed by atoms with van der Waals surface area (Å²) in [5.41, 5.74) is 2.69. The van der Waals surface area contributed by atoms with Crippen molar-refractivity contribution in [2.45, 2.75) is 13.3 Å². The van der Waals surface area contributed by atoms with E-state index in [2.05, 4.69) is 4.98 Å². The van der Waals surface area contributed by atoms with Crippen molar-refractivity contribution in [3.63, 3.8) is 0 Å². The summed E-state index contributed by atoms with van der Waals surface area (Å²) in [5.74, 6) is 1.40. The molecule has 1 heterocycles. The zero-order valence-corrected chi connectivity index (χ0v) is 15.2. The van der Waals surface area contributed by atoms with Crippen LogP contribution in [-0.4, -0.2) is 43.6 Å². The standard InChI is InChI=1S/C20H24N2O3/c1-15(12-17-6-5-10-21-14-17)20(23)22(2)11-9-16-7-8-18(24-3)19(13-16)25-4/h5-8,10,12-14H,9,11H2,1-4H3/b15-12+. The second-order valence-corrected chi connectivity index (χ2v) is 5.78. The molecular formula is C20H24N2O3. The molecule has 0 fully saturated rings. The van der Waals surface area contributed by atoms with E-state index in [-0.39, 0.29) is 5.91 Å². The smallest absolute Gasteiger partial charge is 0.249 e. The molecule has 0 atom stereocenters. The summed E-state index contributed by atoms with van der Waals surface area (Å²) < 4.78 is 10.6. The Hall–Kier alpha value is -2.82. The van der Waals surface area contributed by atoms with Crippen LogP contribution in [0.2, 0.25) is 0 Å². The van der Waals surface area contributed by atoms with Gasteiger partial charge in [-0.2, -0.15) is 0 Å². The lowest BCUT2D eigenvalue weighted by Gasteiger charge is -2.18. The molecule has 0 bridgehead atoms. The van der Waals surface area contributed by atoms with Crippen LogP contribution in [0.1, 0.15) is 18.1 Å². The Morgan fingerprint density at radius 2 is 1.96 bits per heavy atom. The van der Waals surface area contributed by atoms with Gasteiger partial charge in [-0.1, -0.05) is 12.1 Å². The van der Waals surface area contributed by atoms with Gasteiger partial charge < -0.3 is 14.4 Å². The number of amides is 1. The molecule has 0 aliphatic heterocycles. The molecule has 0 unspecified atom stereocenters. The van der Waals surface area contributed by atoms with Gasteiger partial charge in [0, 0.05) is 31.6 Å². The van der Waals surface area contributed by atoms with E-state index in [0.29, 0.717) is 23.6 Å². The Labute approximate surface area is 148 Å². The Morgan fingerprint density at radius 1 is 1.20 bits per heavy atom. The van der Waals surface area contributed by atoms with Gasteiger partial charge in [-0.3, -0.25) is 9.78 Å². The van der Waals surface area contributed by atoms with Crippen LogP contribution in [0.25, 0.3) is 6.08 Å². The fourth-order valence-electron chi connectivity index (χ4n) is 2.51. The maximum atomic E-state index is 12.5. The maximum Gasteiger partial charge on any atom is 0.249 e. The number of carbonyl (C=O) groups excluding carboxylic acids is 1. The van der Waals surface area contributed by atoms with Crippen molar-refractivity contribution in [1.29, 1.82) is 0 Å². The van der Waals surface area contributed by atoms with Gasteiger partial charge in [0.2, 0.25) is 5.91 Å². The van der Waals surface area contributed by atoms with Gasteiger partial charge in [-0.05, 0) is 48.7 Å². The predicted octanol–water partition coefficient (Wildman–Crippen LogP) is 3.20. The van der Waals surface area contributed by atoms with E-state index in [9.17, 15) is 4.79 Å². The molecule has 25 heavy (non-hydrogen) atoms. The number of aromatic nitrogens is 1. The molecule has 132 valence electrons. The molecule has 0 radical (unpaired) electrons. The normalized spacial score (nSPS) is 11.1. The van der Waals surface area contributed by atoms with Crippen molar-refractivity contribution >= 4 is 12.0 Å². The van der Waals surface area contributed by atoms with Gasteiger partial charge in [0.1, 0.15) is 0 Å². The summed E-state index contributed by atoms with van der Waals surface area (Å²) in [6.07, 6.45) is 6.04. The molecule has 0 saturated carbocycles. The fraction of sp³-hybridized carbons (Fsp3) is 0.300. The van der Waals surface area contributed by atoms with E-state index in [0.717, 1.165) is 17.5 Å². The largest absolute Gasteiger partial charge is 0.493 e. The first-order valence-corrected chi connectivity index (χ1v) is 8.10. The highest BCUT2D eigenvalue weighted by molar-refractivity contribution is 5.97. The van der Waals surface area contributed by atoms with Crippen LogP contribution in [0.15, 0.2) is 48.3 Å². The Balaban J connectivity index is 1.98. The number of hydrogen-bond donors (Lipinski definition) is 0. The SMILES string of the molecule is COc1ccc(CCN(C)C(=O)/C(C)=C/c2cccnc2)cc1OC. The lowest BCUT2D eigenvalue weighted by molar-refractivity contribution is -0.125. The zero-order chi connectivity index (χ0) is 18.2. The number of benzene rings is 1. The molecular weight excluding hydrogens is 316 g/mol. The number of pyridine rings is 1. The first kappa shape index (κ1) is 18.5. The highest BCUT2D eigenvalue weighted by Gasteiger charge is 2.12. The minimum atomic E-state index is 0.00401. The van der Waals surface area contributed by atoms with Gasteiger partial charge in [-0.25, -0.2) is 0 Å². The first-order valence-electron chi connectivity index (χ1n) is 8.10. The van der Waals surface area contributed by atoms with Crippen molar-refractivity contribution in [3.05, 3.63) is 59.4 Å². The van der Waals surface area contributed by atoms with Crippen LogP contribution >= 0.6 is 0 Å². The van der Waals surface area contributed by atoms with Crippen LogP contribution in [0.4, 0.5) is 0 Å². The third-order valence-corrected chi connectivity index (χ3v) is 3.94. The van der Waals surface area contributed by atoms with E-state index in [1.165, 1.54) is 0 Å². The summed E-state index contributed by atoms with van der Waals surface area (Å²) in [4.78, 5) is 18.3. The number of likely N-dealkylation sites (N-methyl/N-ethyl adjacent to an activating group) is 1. The molecule has 0 saturated heterocycles. The van der Waals surface area contributed by atoms with Crippen molar-refractivity contribution in [2.75, 3.05) is 27.8 Å². The number of nitrogens with zero attached hydrogens (tertiary/aromatic N) is 2. The van der Waals surface area contributed by atoms with Gasteiger partial charge in [-0.15, -0.1) is 0 Å². The van der Waals surface area contributed by atoms with Crippen molar-refractivity contribution in [3.8, 4) is 11.5 Å². The minimum Gasteiger partial charge on any atom is -0.493 e. The minimum absolute atomic E-state index is 0.00401. The maximum absolute atomic E-state index is 12.5. The second kappa shape index (κ2) is 8.87. The number of rotatable bonds is 7. The zero-order valence-electron chi connectivity index (χ0n) is 15.2. The third kappa shape index (κ3) is 5.08. The van der Waals surface area contributed by atoms with E-state index in [1.54, 1.807) is 31.5 Å². The fourth-order valence-corrected chi connectivity index (χ4v) is 2.51. The van der Waals surface area contributed by atoms with E-state index in [1.807, 2.05) is 50.4 Å². The quantitative estimate of drug-likeness (QED) is 0.726. The van der Waals surface area contributed by atoms with Crippen LogP contribution in [0.5, 0.6) is 11.5 Å². The number of methoxy groups -OCH3 is 2. The summed E-state index contributed by atoms with van der Waals surface area (Å²) in [5, 5.41) is 0. The molecule has 1 amide bonds. The number of ether oxygens (including phenoxy) is 2. The molecule has 0 N–H and O–H groups in total. The van der Waals surface area contributed by atoms with E-state index < -0.39 is 0 Å².